The number of nitrogens with zero attached hydrogens (tertiary/aromatic N) is 2. The van der Waals surface area contributed by atoms with Crippen LogP contribution in [0.25, 0.3) is 0 Å². The highest BCUT2D eigenvalue weighted by Crippen LogP contribution is 2.34. The van der Waals surface area contributed by atoms with Gasteiger partial charge >= 0.3 is 5.97 Å². The molecule has 0 aromatic carbocycles. The topological polar surface area (TPSA) is 62.7 Å². The van der Waals surface area contributed by atoms with E-state index >= 15 is 0 Å². The predicted molar refractivity (Wildman–Crippen MR) is 58.6 cm³/mol. The van der Waals surface area contributed by atoms with Crippen LogP contribution >= 0.6 is 11.6 Å². The zero-order chi connectivity index (χ0) is 12.6. The fourth-order valence-electron chi connectivity index (χ4n) is 1.41. The van der Waals surface area contributed by atoms with E-state index in [9.17, 15) is 9.18 Å². The molecule has 1 aromatic rings. The lowest BCUT2D eigenvalue weighted by molar-refractivity contribution is -0.135. The Hall–Kier alpha value is -1.82. The summed E-state index contributed by atoms with van der Waals surface area (Å²) in [5.41, 5.74) is 0. The summed E-state index contributed by atoms with van der Waals surface area (Å²) in [4.78, 5) is 16.2. The highest BCUT2D eigenvalue weighted by Gasteiger charge is 2.25. The van der Waals surface area contributed by atoms with E-state index in [0.717, 1.165) is 6.07 Å². The molecule has 2 heterocycles. The van der Waals surface area contributed by atoms with Crippen LogP contribution in [0.1, 0.15) is 6.92 Å². The van der Waals surface area contributed by atoms with Crippen LogP contribution in [0, 0.1) is 5.82 Å². The first kappa shape index (κ1) is 11.7. The van der Waals surface area contributed by atoms with Gasteiger partial charge in [-0.05, 0) is 6.92 Å². The van der Waals surface area contributed by atoms with E-state index in [1.54, 1.807) is 6.92 Å². The minimum atomic E-state index is -1.23. The van der Waals surface area contributed by atoms with Crippen molar-refractivity contribution in [2.24, 2.45) is 0 Å². The fraction of sp³-hybridized carbons (Fsp3) is 0.200. The lowest BCUT2D eigenvalue weighted by Gasteiger charge is -2.25. The minimum absolute atomic E-state index is 0.0358. The summed E-state index contributed by atoms with van der Waals surface area (Å²) in [5, 5.41) is 8.56. The normalized spacial score (nSPS) is 13.8. The molecular weight excluding hydrogens is 251 g/mol. The number of rotatable bonds is 2. The molecule has 1 aliphatic rings. The summed E-state index contributed by atoms with van der Waals surface area (Å²) >= 11 is 5.56. The molecule has 0 radical (unpaired) electrons. The van der Waals surface area contributed by atoms with Crippen molar-refractivity contribution in [2.45, 2.75) is 6.92 Å². The van der Waals surface area contributed by atoms with E-state index in [2.05, 4.69) is 4.98 Å². The van der Waals surface area contributed by atoms with Crippen molar-refractivity contribution in [3.63, 3.8) is 0 Å². The molecular formula is C10H8ClFN2O3. The lowest BCUT2D eigenvalue weighted by Crippen LogP contribution is -2.26. The molecule has 2 rings (SSSR count). The molecule has 1 aromatic heterocycles. The Bertz CT molecular complexity index is 519. The Morgan fingerprint density at radius 1 is 1.71 bits per heavy atom. The smallest absolute Gasteiger partial charge is 0.373 e. The van der Waals surface area contributed by atoms with Gasteiger partial charge in [0.25, 0.3) is 0 Å². The summed E-state index contributed by atoms with van der Waals surface area (Å²) < 4.78 is 18.2. The third kappa shape index (κ3) is 2.03. The van der Waals surface area contributed by atoms with Gasteiger partial charge in [-0.1, -0.05) is 11.6 Å². The molecule has 1 aliphatic heterocycles. The van der Waals surface area contributed by atoms with E-state index in [1.165, 1.54) is 11.1 Å². The summed E-state index contributed by atoms with van der Waals surface area (Å²) in [6.45, 7) is 2.26. The Morgan fingerprint density at radius 2 is 2.41 bits per heavy atom. The van der Waals surface area contributed by atoms with Crippen LogP contribution < -0.4 is 9.64 Å². The summed E-state index contributed by atoms with van der Waals surface area (Å²) in [6.07, 6.45) is 1.28. The second-order valence-electron chi connectivity index (χ2n) is 3.27. The van der Waals surface area contributed by atoms with Crippen LogP contribution in [0.3, 0.4) is 0 Å². The maximum Gasteiger partial charge on any atom is 0.373 e. The third-order valence-electron chi connectivity index (χ3n) is 2.20. The fourth-order valence-corrected chi connectivity index (χ4v) is 1.54. The molecule has 0 fully saturated rings. The number of aromatic nitrogens is 1. The third-order valence-corrected chi connectivity index (χ3v) is 2.46. The highest BCUT2D eigenvalue weighted by molar-refractivity contribution is 6.29. The number of carbonyl (C=O) groups is 1. The molecule has 90 valence electrons. The molecule has 0 saturated carbocycles. The Kier molecular flexibility index (Phi) is 2.89. The molecule has 0 bridgehead atoms. The van der Waals surface area contributed by atoms with Gasteiger partial charge in [0.15, 0.2) is 22.5 Å². The number of hydrogen-bond donors (Lipinski definition) is 1. The van der Waals surface area contributed by atoms with Crippen molar-refractivity contribution < 1.29 is 19.0 Å². The molecule has 0 saturated heterocycles. The molecule has 0 amide bonds. The standard InChI is InChI=1S/C10H8ClFN2O3/c1-2-14-4-7(10(15)16)17-6-3-5(12)8(11)13-9(6)14/h3-4H,2H2,1H3,(H,15,16). The first-order valence-electron chi connectivity index (χ1n) is 4.78. The number of carboxylic acid groups (broad SMARTS) is 1. The quantitative estimate of drug-likeness (QED) is 0.823. The molecule has 1 N–H and O–H groups in total. The highest BCUT2D eigenvalue weighted by atomic mass is 35.5. The van der Waals surface area contributed by atoms with Crippen molar-refractivity contribution in [3.05, 3.63) is 29.0 Å². The van der Waals surface area contributed by atoms with Gasteiger partial charge in [-0.15, -0.1) is 0 Å². The number of carboxylic acids is 1. The first-order chi connectivity index (χ1) is 8.02. The van der Waals surface area contributed by atoms with Gasteiger partial charge in [-0.3, -0.25) is 0 Å². The molecule has 7 heteroatoms. The number of pyridine rings is 1. The summed E-state index contributed by atoms with van der Waals surface area (Å²) in [6, 6.07) is 1.02. The van der Waals surface area contributed by atoms with Crippen LogP contribution in [-0.4, -0.2) is 22.6 Å². The first-order valence-corrected chi connectivity index (χ1v) is 5.16. The van der Waals surface area contributed by atoms with E-state index < -0.39 is 11.8 Å². The maximum absolute atomic E-state index is 13.2. The molecule has 17 heavy (non-hydrogen) atoms. The minimum Gasteiger partial charge on any atom is -0.475 e. The lowest BCUT2D eigenvalue weighted by atomic mass is 10.3. The average Bonchev–Trinajstić information content (AvgIpc) is 2.29. The van der Waals surface area contributed by atoms with Gasteiger partial charge in [0.2, 0.25) is 5.76 Å². The predicted octanol–water partition coefficient (Wildman–Crippen LogP) is 2.02. The molecule has 0 aliphatic carbocycles. The second-order valence-corrected chi connectivity index (χ2v) is 3.63. The van der Waals surface area contributed by atoms with E-state index in [4.69, 9.17) is 21.4 Å². The van der Waals surface area contributed by atoms with Gasteiger partial charge in [-0.2, -0.15) is 0 Å². The van der Waals surface area contributed by atoms with Crippen molar-refractivity contribution in [3.8, 4) is 5.75 Å². The number of halogens is 2. The Labute approximate surface area is 101 Å². The number of aliphatic carboxylic acids is 1. The summed E-state index contributed by atoms with van der Waals surface area (Å²) in [7, 11) is 0. The molecule has 0 spiro atoms. The van der Waals surface area contributed by atoms with Gasteiger partial charge in [0.1, 0.15) is 0 Å². The van der Waals surface area contributed by atoms with Crippen LogP contribution in [-0.2, 0) is 4.79 Å². The zero-order valence-corrected chi connectivity index (χ0v) is 9.53. The SMILES string of the molecule is CCN1C=C(C(=O)O)Oc2cc(F)c(Cl)nc21. The second kappa shape index (κ2) is 4.21. The molecule has 0 atom stereocenters. The van der Waals surface area contributed by atoms with Gasteiger partial charge < -0.3 is 14.7 Å². The van der Waals surface area contributed by atoms with Crippen LogP contribution in [0.4, 0.5) is 10.2 Å². The number of fused-ring (bicyclic) bond motifs is 1. The monoisotopic (exact) mass is 258 g/mol. The largest absolute Gasteiger partial charge is 0.475 e. The van der Waals surface area contributed by atoms with Crippen LogP contribution in [0.5, 0.6) is 5.75 Å². The van der Waals surface area contributed by atoms with Crippen LogP contribution in [0.15, 0.2) is 18.0 Å². The molecule has 5 nitrogen and oxygen atoms in total. The Morgan fingerprint density at radius 3 is 3.00 bits per heavy atom. The van der Waals surface area contributed by atoms with Crippen molar-refractivity contribution in [2.75, 3.05) is 11.4 Å². The summed E-state index contributed by atoms with van der Waals surface area (Å²) in [5.74, 6) is -1.95. The van der Waals surface area contributed by atoms with E-state index in [1.807, 2.05) is 0 Å². The van der Waals surface area contributed by atoms with Crippen molar-refractivity contribution in [1.82, 2.24) is 4.98 Å². The van der Waals surface area contributed by atoms with Gasteiger partial charge in [0, 0.05) is 12.6 Å². The number of hydrogen-bond acceptors (Lipinski definition) is 4. The molecule has 0 unspecified atom stereocenters. The Balaban J connectivity index is 2.51. The van der Waals surface area contributed by atoms with Crippen molar-refractivity contribution >= 4 is 23.4 Å². The number of anilines is 1. The maximum atomic E-state index is 13.2. The van der Waals surface area contributed by atoms with E-state index in [0.29, 0.717) is 12.4 Å². The van der Waals surface area contributed by atoms with Crippen LogP contribution in [0.2, 0.25) is 5.15 Å². The average molecular weight is 259 g/mol. The van der Waals surface area contributed by atoms with E-state index in [-0.39, 0.29) is 16.7 Å². The number of ether oxygens (including phenoxy) is 1. The van der Waals surface area contributed by atoms with Gasteiger partial charge in [-0.25, -0.2) is 14.2 Å². The van der Waals surface area contributed by atoms with Crippen molar-refractivity contribution in [1.29, 1.82) is 0 Å². The van der Waals surface area contributed by atoms with Gasteiger partial charge in [0.05, 0.1) is 6.20 Å². The zero-order valence-electron chi connectivity index (χ0n) is 8.78.